The highest BCUT2D eigenvalue weighted by Crippen LogP contribution is 2.65. The molecule has 0 radical (unpaired) electrons. The van der Waals surface area contributed by atoms with Crippen LogP contribution >= 0.6 is 0 Å². The van der Waals surface area contributed by atoms with Crippen LogP contribution in [0.3, 0.4) is 0 Å². The minimum absolute atomic E-state index is 0.0401. The average molecular weight is 271 g/mol. The fourth-order valence-electron chi connectivity index (χ4n) is 5.79. The number of nitrogens with zero attached hydrogens (tertiary/aromatic N) is 2. The Morgan fingerprint density at radius 3 is 2.15 bits per heavy atom. The van der Waals surface area contributed by atoms with Crippen LogP contribution in [0.2, 0.25) is 0 Å². The molecule has 4 aliphatic rings. The summed E-state index contributed by atoms with van der Waals surface area (Å²) in [5, 5.41) is 0. The first-order chi connectivity index (χ1) is 9.48. The zero-order valence-corrected chi connectivity index (χ0v) is 12.6. The summed E-state index contributed by atoms with van der Waals surface area (Å²) in [6.07, 6.45) is 10.4. The summed E-state index contributed by atoms with van der Waals surface area (Å²) in [6.45, 7) is 4.71. The Morgan fingerprint density at radius 2 is 1.65 bits per heavy atom. The summed E-state index contributed by atoms with van der Waals surface area (Å²) in [4.78, 5) is 9.15. The average Bonchev–Trinajstić information content (AvgIpc) is 2.37. The van der Waals surface area contributed by atoms with E-state index in [9.17, 15) is 0 Å². The molecule has 0 aromatic carbocycles. The van der Waals surface area contributed by atoms with Crippen LogP contribution in [0.15, 0.2) is 12.3 Å². The number of hydrogen-bond acceptors (Lipinski definition) is 3. The fraction of sp³-hybridized carbons (Fsp3) is 0.765. The largest absolute Gasteiger partial charge is 0.384 e. The van der Waals surface area contributed by atoms with E-state index < -0.39 is 0 Å². The monoisotopic (exact) mass is 271 g/mol. The second-order valence-electron chi connectivity index (χ2n) is 8.13. The Balaban J connectivity index is 1.75. The minimum atomic E-state index is 0.0401. The molecule has 0 aliphatic heterocycles. The molecule has 0 unspecified atom stereocenters. The van der Waals surface area contributed by atoms with E-state index in [4.69, 9.17) is 5.73 Å². The molecule has 0 spiro atoms. The van der Waals surface area contributed by atoms with Crippen molar-refractivity contribution >= 4 is 5.82 Å². The highest BCUT2D eigenvalue weighted by molar-refractivity contribution is 5.28. The van der Waals surface area contributed by atoms with Gasteiger partial charge in [-0.1, -0.05) is 13.8 Å². The van der Waals surface area contributed by atoms with Gasteiger partial charge in [0.15, 0.2) is 0 Å². The second kappa shape index (κ2) is 3.96. The van der Waals surface area contributed by atoms with Gasteiger partial charge in [0.1, 0.15) is 11.6 Å². The molecule has 0 saturated heterocycles. The van der Waals surface area contributed by atoms with Gasteiger partial charge < -0.3 is 5.73 Å². The molecule has 1 aromatic heterocycles. The molecule has 1 aromatic rings. The van der Waals surface area contributed by atoms with E-state index in [1.165, 1.54) is 38.5 Å². The summed E-state index contributed by atoms with van der Waals surface area (Å²) < 4.78 is 0. The Kier molecular flexibility index (Phi) is 2.49. The van der Waals surface area contributed by atoms with E-state index >= 15 is 0 Å². The maximum atomic E-state index is 5.90. The molecule has 4 saturated carbocycles. The van der Waals surface area contributed by atoms with Gasteiger partial charge in [0.2, 0.25) is 0 Å². The van der Waals surface area contributed by atoms with Gasteiger partial charge in [0.05, 0.1) is 0 Å². The van der Waals surface area contributed by atoms with Gasteiger partial charge in [-0.05, 0) is 67.8 Å². The first-order valence-electron chi connectivity index (χ1n) is 8.07. The standard InChI is InChI=1S/C17H25N3/c1-16(2,15-19-4-3-14(18)20-15)17-8-11-5-12(9-17)7-13(6-11)10-17/h3-4,11-13H,5-10H2,1-2H3,(H2,18,19,20). The Hall–Kier alpha value is -1.12. The lowest BCUT2D eigenvalue weighted by Gasteiger charge is -2.62. The normalized spacial score (nSPS) is 39.2. The molecule has 3 nitrogen and oxygen atoms in total. The van der Waals surface area contributed by atoms with E-state index in [0.717, 1.165) is 23.6 Å². The van der Waals surface area contributed by atoms with E-state index in [1.54, 1.807) is 6.07 Å². The summed E-state index contributed by atoms with van der Waals surface area (Å²) >= 11 is 0. The van der Waals surface area contributed by atoms with Crippen molar-refractivity contribution in [2.45, 2.75) is 57.8 Å². The number of anilines is 1. The molecule has 0 amide bonds. The quantitative estimate of drug-likeness (QED) is 0.895. The third-order valence-corrected chi connectivity index (χ3v) is 6.60. The molecule has 20 heavy (non-hydrogen) atoms. The van der Waals surface area contributed by atoms with Gasteiger partial charge in [-0.25, -0.2) is 9.97 Å². The third-order valence-electron chi connectivity index (χ3n) is 6.60. The van der Waals surface area contributed by atoms with E-state index in [2.05, 4.69) is 23.8 Å². The van der Waals surface area contributed by atoms with E-state index in [1.807, 2.05) is 6.20 Å². The van der Waals surface area contributed by atoms with Crippen LogP contribution in [0.5, 0.6) is 0 Å². The van der Waals surface area contributed by atoms with Crippen LogP contribution in [-0.4, -0.2) is 9.97 Å². The minimum Gasteiger partial charge on any atom is -0.384 e. The first kappa shape index (κ1) is 12.6. The molecule has 3 heteroatoms. The zero-order valence-electron chi connectivity index (χ0n) is 12.6. The van der Waals surface area contributed by atoms with Crippen molar-refractivity contribution in [3.63, 3.8) is 0 Å². The molecule has 4 fully saturated rings. The summed E-state index contributed by atoms with van der Waals surface area (Å²) in [5.41, 5.74) is 6.35. The van der Waals surface area contributed by atoms with Gasteiger partial charge in [0, 0.05) is 11.6 Å². The smallest absolute Gasteiger partial charge is 0.136 e. The highest BCUT2D eigenvalue weighted by Gasteiger charge is 2.58. The van der Waals surface area contributed by atoms with Crippen molar-refractivity contribution in [3.05, 3.63) is 18.1 Å². The molecule has 0 atom stereocenters. The predicted octanol–water partition coefficient (Wildman–Crippen LogP) is 3.55. The Bertz CT molecular complexity index is 500. The first-order valence-corrected chi connectivity index (χ1v) is 8.07. The van der Waals surface area contributed by atoms with Crippen molar-refractivity contribution in [1.82, 2.24) is 9.97 Å². The Labute approximate surface area is 121 Å². The lowest BCUT2D eigenvalue weighted by atomic mass is 9.43. The molecular weight excluding hydrogens is 246 g/mol. The lowest BCUT2D eigenvalue weighted by molar-refractivity contribution is -0.0939. The zero-order chi connectivity index (χ0) is 14.0. The summed E-state index contributed by atoms with van der Waals surface area (Å²) in [6, 6.07) is 1.79. The number of hydrogen-bond donors (Lipinski definition) is 1. The van der Waals surface area contributed by atoms with Crippen LogP contribution < -0.4 is 5.73 Å². The van der Waals surface area contributed by atoms with Crippen LogP contribution in [0.25, 0.3) is 0 Å². The van der Waals surface area contributed by atoms with Crippen molar-refractivity contribution < 1.29 is 0 Å². The fourth-order valence-corrected chi connectivity index (χ4v) is 5.79. The second-order valence-corrected chi connectivity index (χ2v) is 8.13. The molecule has 108 valence electrons. The molecular formula is C17H25N3. The van der Waals surface area contributed by atoms with Gasteiger partial charge >= 0.3 is 0 Å². The summed E-state index contributed by atoms with van der Waals surface area (Å²) in [5.74, 6) is 4.44. The number of aromatic nitrogens is 2. The molecule has 5 rings (SSSR count). The van der Waals surface area contributed by atoms with Gasteiger partial charge in [-0.2, -0.15) is 0 Å². The van der Waals surface area contributed by atoms with Gasteiger partial charge in [0.25, 0.3) is 0 Å². The molecule has 4 aliphatic carbocycles. The van der Waals surface area contributed by atoms with Crippen LogP contribution in [0.1, 0.15) is 58.2 Å². The number of rotatable bonds is 2. The third kappa shape index (κ3) is 1.64. The predicted molar refractivity (Wildman–Crippen MR) is 80.1 cm³/mol. The maximum Gasteiger partial charge on any atom is 0.136 e. The van der Waals surface area contributed by atoms with E-state index in [-0.39, 0.29) is 5.41 Å². The van der Waals surface area contributed by atoms with Crippen molar-refractivity contribution in [1.29, 1.82) is 0 Å². The maximum absolute atomic E-state index is 5.90. The van der Waals surface area contributed by atoms with Crippen molar-refractivity contribution in [3.8, 4) is 0 Å². The highest BCUT2D eigenvalue weighted by atomic mass is 15.0. The van der Waals surface area contributed by atoms with Gasteiger partial charge in [-0.15, -0.1) is 0 Å². The SMILES string of the molecule is CC(C)(c1nccc(N)n1)C12CC3CC(CC(C3)C1)C2. The van der Waals surface area contributed by atoms with Crippen LogP contribution in [0, 0.1) is 23.2 Å². The van der Waals surface area contributed by atoms with Crippen molar-refractivity contribution in [2.75, 3.05) is 5.73 Å². The number of nitrogens with two attached hydrogens (primary N) is 1. The van der Waals surface area contributed by atoms with Gasteiger partial charge in [-0.3, -0.25) is 0 Å². The lowest BCUT2D eigenvalue weighted by Crippen LogP contribution is -2.55. The molecule has 4 bridgehead atoms. The number of nitrogen functional groups attached to an aromatic ring is 1. The van der Waals surface area contributed by atoms with E-state index in [0.29, 0.717) is 11.2 Å². The van der Waals surface area contributed by atoms with Crippen LogP contribution in [-0.2, 0) is 5.41 Å². The topological polar surface area (TPSA) is 51.8 Å². The Morgan fingerprint density at radius 1 is 1.10 bits per heavy atom. The molecule has 2 N–H and O–H groups in total. The molecule has 1 heterocycles. The van der Waals surface area contributed by atoms with Crippen LogP contribution in [0.4, 0.5) is 5.82 Å². The summed E-state index contributed by atoms with van der Waals surface area (Å²) in [7, 11) is 0. The van der Waals surface area contributed by atoms with Crippen molar-refractivity contribution in [2.24, 2.45) is 23.2 Å².